The van der Waals surface area contributed by atoms with Crippen LogP contribution in [0.3, 0.4) is 0 Å². The molecular weight excluding hydrogens is 354 g/mol. The van der Waals surface area contributed by atoms with Crippen molar-refractivity contribution in [3.05, 3.63) is 77.9 Å². The predicted octanol–water partition coefficient (Wildman–Crippen LogP) is 4.16. The fourth-order valence-electron chi connectivity index (χ4n) is 2.84. The van der Waals surface area contributed by atoms with Crippen LogP contribution in [0.15, 0.2) is 66.7 Å². The van der Waals surface area contributed by atoms with Crippen molar-refractivity contribution >= 4 is 34.1 Å². The molecule has 0 radical (unpaired) electrons. The molecule has 1 N–H and O–H groups in total. The fraction of sp³-hybridized carbons (Fsp3) is 0.174. The summed E-state index contributed by atoms with van der Waals surface area (Å²) in [4.78, 5) is 35.7. The number of hydrogen-bond acceptors (Lipinski definition) is 4. The van der Waals surface area contributed by atoms with Gasteiger partial charge in [0.15, 0.2) is 11.9 Å². The molecule has 0 heterocycles. The Morgan fingerprint density at radius 2 is 1.61 bits per heavy atom. The summed E-state index contributed by atoms with van der Waals surface area (Å²) in [7, 11) is 0. The Morgan fingerprint density at radius 3 is 2.29 bits per heavy atom. The molecule has 0 bridgehead atoms. The van der Waals surface area contributed by atoms with Gasteiger partial charge in [0, 0.05) is 11.3 Å². The van der Waals surface area contributed by atoms with Crippen LogP contribution < -0.4 is 5.32 Å². The van der Waals surface area contributed by atoms with E-state index in [1.165, 1.54) is 13.8 Å². The number of anilines is 1. The summed E-state index contributed by atoms with van der Waals surface area (Å²) in [6, 6.07) is 20.2. The Morgan fingerprint density at radius 1 is 0.929 bits per heavy atom. The van der Waals surface area contributed by atoms with Crippen molar-refractivity contribution in [1.29, 1.82) is 0 Å². The minimum absolute atomic E-state index is 0.0473. The maximum atomic E-state index is 12.2. The van der Waals surface area contributed by atoms with E-state index in [9.17, 15) is 14.4 Å². The Kier molecular flexibility index (Phi) is 5.84. The van der Waals surface area contributed by atoms with Gasteiger partial charge in [-0.2, -0.15) is 0 Å². The second-order valence-corrected chi connectivity index (χ2v) is 6.61. The van der Waals surface area contributed by atoms with Gasteiger partial charge >= 0.3 is 5.97 Å². The number of fused-ring (bicyclic) bond motifs is 1. The van der Waals surface area contributed by atoms with Crippen LogP contribution in [0.25, 0.3) is 10.8 Å². The molecule has 0 aliphatic rings. The van der Waals surface area contributed by atoms with Crippen molar-refractivity contribution in [2.75, 3.05) is 5.32 Å². The Hall–Kier alpha value is -3.47. The maximum Gasteiger partial charge on any atom is 0.311 e. The summed E-state index contributed by atoms with van der Waals surface area (Å²) in [5.41, 5.74) is 1.93. The number of ketones is 1. The highest BCUT2D eigenvalue weighted by atomic mass is 16.5. The molecule has 142 valence electrons. The fourth-order valence-corrected chi connectivity index (χ4v) is 2.84. The summed E-state index contributed by atoms with van der Waals surface area (Å²) in [6.07, 6.45) is -0.837. The summed E-state index contributed by atoms with van der Waals surface area (Å²) >= 11 is 0. The van der Waals surface area contributed by atoms with Crippen LogP contribution in [0.5, 0.6) is 0 Å². The lowest BCUT2D eigenvalue weighted by Gasteiger charge is -2.14. The predicted molar refractivity (Wildman–Crippen MR) is 108 cm³/mol. The molecule has 0 spiro atoms. The monoisotopic (exact) mass is 375 g/mol. The van der Waals surface area contributed by atoms with Gasteiger partial charge in [-0.3, -0.25) is 14.4 Å². The third kappa shape index (κ3) is 4.82. The minimum Gasteiger partial charge on any atom is -0.452 e. The molecule has 0 aliphatic carbocycles. The Bertz CT molecular complexity index is 1020. The van der Waals surface area contributed by atoms with Gasteiger partial charge in [0.2, 0.25) is 0 Å². The first-order chi connectivity index (χ1) is 13.4. The first-order valence-corrected chi connectivity index (χ1v) is 9.01. The molecule has 28 heavy (non-hydrogen) atoms. The standard InChI is InChI=1S/C23H21NO4/c1-15(25)18-9-11-21(12-10-18)24-23(27)16(2)28-22(26)14-17-7-8-19-5-3-4-6-20(19)13-17/h3-13,16H,14H2,1-2H3,(H,24,27)/t16-/m0/s1. The summed E-state index contributed by atoms with van der Waals surface area (Å²) < 4.78 is 5.26. The lowest BCUT2D eigenvalue weighted by molar-refractivity contribution is -0.152. The molecule has 0 unspecified atom stereocenters. The molecule has 5 nitrogen and oxygen atoms in total. The Labute approximate surface area is 163 Å². The van der Waals surface area contributed by atoms with Crippen LogP contribution in [0, 0.1) is 0 Å². The van der Waals surface area contributed by atoms with Crippen LogP contribution >= 0.6 is 0 Å². The van der Waals surface area contributed by atoms with Gasteiger partial charge in [0.25, 0.3) is 5.91 Å². The molecule has 1 atom stereocenters. The molecule has 1 amide bonds. The number of Topliss-reactive ketones (excluding diaryl/α,β-unsaturated/α-hetero) is 1. The number of carbonyl (C=O) groups excluding carboxylic acids is 3. The number of esters is 1. The van der Waals surface area contributed by atoms with Crippen LogP contribution in [-0.4, -0.2) is 23.8 Å². The van der Waals surface area contributed by atoms with Gasteiger partial charge in [0.05, 0.1) is 6.42 Å². The number of amides is 1. The van der Waals surface area contributed by atoms with Gasteiger partial charge < -0.3 is 10.1 Å². The minimum atomic E-state index is -0.930. The number of hydrogen-bond donors (Lipinski definition) is 1. The number of rotatable bonds is 6. The average Bonchev–Trinajstić information content (AvgIpc) is 2.68. The number of benzene rings is 3. The van der Waals surface area contributed by atoms with Gasteiger partial charge in [-0.05, 0) is 54.4 Å². The SMILES string of the molecule is CC(=O)c1ccc(NC(=O)[C@H](C)OC(=O)Cc2ccc3ccccc3c2)cc1. The zero-order valence-electron chi connectivity index (χ0n) is 15.8. The lowest BCUT2D eigenvalue weighted by Crippen LogP contribution is -2.30. The van der Waals surface area contributed by atoms with E-state index in [1.807, 2.05) is 42.5 Å². The zero-order chi connectivity index (χ0) is 20.1. The van der Waals surface area contributed by atoms with E-state index in [0.717, 1.165) is 16.3 Å². The van der Waals surface area contributed by atoms with Crippen molar-refractivity contribution in [3.8, 4) is 0 Å². The first-order valence-electron chi connectivity index (χ1n) is 9.01. The van der Waals surface area contributed by atoms with Gasteiger partial charge in [-0.1, -0.05) is 42.5 Å². The highest BCUT2D eigenvalue weighted by molar-refractivity contribution is 5.97. The topological polar surface area (TPSA) is 72.5 Å². The van der Waals surface area contributed by atoms with Crippen LogP contribution in [0.4, 0.5) is 5.69 Å². The van der Waals surface area contributed by atoms with Gasteiger partial charge in [0.1, 0.15) is 0 Å². The van der Waals surface area contributed by atoms with Crippen molar-refractivity contribution in [2.24, 2.45) is 0 Å². The van der Waals surface area contributed by atoms with E-state index in [-0.39, 0.29) is 12.2 Å². The zero-order valence-corrected chi connectivity index (χ0v) is 15.8. The molecule has 3 aromatic carbocycles. The molecule has 5 heteroatoms. The van der Waals surface area contributed by atoms with Crippen LogP contribution in [0.1, 0.15) is 29.8 Å². The van der Waals surface area contributed by atoms with E-state index in [1.54, 1.807) is 24.3 Å². The molecule has 3 rings (SSSR count). The van der Waals surface area contributed by atoms with Crippen molar-refractivity contribution in [1.82, 2.24) is 0 Å². The van der Waals surface area contributed by atoms with E-state index in [4.69, 9.17) is 4.74 Å². The molecule has 0 saturated carbocycles. The molecule has 0 saturated heterocycles. The largest absolute Gasteiger partial charge is 0.452 e. The highest BCUT2D eigenvalue weighted by Gasteiger charge is 2.18. The number of nitrogens with one attached hydrogen (secondary N) is 1. The quantitative estimate of drug-likeness (QED) is 0.519. The summed E-state index contributed by atoms with van der Waals surface area (Å²) in [6.45, 7) is 3.00. The normalized spacial score (nSPS) is 11.6. The van der Waals surface area contributed by atoms with Crippen molar-refractivity contribution < 1.29 is 19.1 Å². The molecule has 0 aliphatic heterocycles. The smallest absolute Gasteiger partial charge is 0.311 e. The first kappa shape index (κ1) is 19.3. The van der Waals surface area contributed by atoms with E-state index in [0.29, 0.717) is 11.3 Å². The van der Waals surface area contributed by atoms with Gasteiger partial charge in [-0.15, -0.1) is 0 Å². The second-order valence-electron chi connectivity index (χ2n) is 6.61. The highest BCUT2D eigenvalue weighted by Crippen LogP contribution is 2.16. The summed E-state index contributed by atoms with van der Waals surface area (Å²) in [5, 5.41) is 4.82. The van der Waals surface area contributed by atoms with E-state index < -0.39 is 18.0 Å². The number of ether oxygens (including phenoxy) is 1. The van der Waals surface area contributed by atoms with Crippen molar-refractivity contribution in [3.63, 3.8) is 0 Å². The average molecular weight is 375 g/mol. The van der Waals surface area contributed by atoms with Gasteiger partial charge in [-0.25, -0.2) is 0 Å². The molecule has 0 aromatic heterocycles. The molecule has 0 fully saturated rings. The molecule has 3 aromatic rings. The maximum absolute atomic E-state index is 12.2. The van der Waals surface area contributed by atoms with Crippen molar-refractivity contribution in [2.45, 2.75) is 26.4 Å². The lowest BCUT2D eigenvalue weighted by atomic mass is 10.1. The molecular formula is C23H21NO4. The summed E-state index contributed by atoms with van der Waals surface area (Å²) in [5.74, 6) is -0.943. The van der Waals surface area contributed by atoms with Crippen LogP contribution in [0.2, 0.25) is 0 Å². The third-order valence-electron chi connectivity index (χ3n) is 4.40. The second kappa shape index (κ2) is 8.48. The third-order valence-corrected chi connectivity index (χ3v) is 4.40. The van der Waals surface area contributed by atoms with E-state index >= 15 is 0 Å². The van der Waals surface area contributed by atoms with Crippen LogP contribution in [-0.2, 0) is 20.7 Å². The van der Waals surface area contributed by atoms with E-state index in [2.05, 4.69) is 5.32 Å². The Balaban J connectivity index is 1.56. The number of carbonyl (C=O) groups is 3.